The van der Waals surface area contributed by atoms with Gasteiger partial charge in [-0.2, -0.15) is 5.26 Å². The third-order valence-electron chi connectivity index (χ3n) is 4.52. The summed E-state index contributed by atoms with van der Waals surface area (Å²) in [7, 11) is 0. The van der Waals surface area contributed by atoms with E-state index in [2.05, 4.69) is 42.2 Å². The molecule has 2 aromatic rings. The zero-order chi connectivity index (χ0) is 17.1. The molecule has 0 radical (unpaired) electrons. The topological polar surface area (TPSA) is 60.2 Å². The van der Waals surface area contributed by atoms with Gasteiger partial charge in [0.2, 0.25) is 0 Å². The van der Waals surface area contributed by atoms with Gasteiger partial charge in [-0.3, -0.25) is 0 Å². The zero-order valence-electron chi connectivity index (χ0n) is 13.9. The van der Waals surface area contributed by atoms with Crippen molar-refractivity contribution in [2.75, 3.05) is 11.5 Å². The fourth-order valence-corrected chi connectivity index (χ4v) is 4.22. The molecule has 1 N–H and O–H groups in total. The van der Waals surface area contributed by atoms with Crippen molar-refractivity contribution in [2.45, 2.75) is 38.3 Å². The highest BCUT2D eigenvalue weighted by molar-refractivity contribution is 7.15. The molecule has 24 heavy (non-hydrogen) atoms. The van der Waals surface area contributed by atoms with Gasteiger partial charge < -0.3 is 10.0 Å². The van der Waals surface area contributed by atoms with Crippen LogP contribution in [0.15, 0.2) is 36.5 Å². The number of aliphatic hydroxyl groups excluding tert-OH is 1. The standard InChI is InChI=1S/C19H21N3OS/c1-3-5-13-6-8-14(9-7-13)18-16(10-20)22(17(18)12-23)19-21-11-15(4-2)24-19/h3,5-9,11,16-18,23H,4,12H2,1-2H3/b5-3+/t16-,17+,18-/m1/s1. The summed E-state index contributed by atoms with van der Waals surface area (Å²) in [4.78, 5) is 7.60. The number of nitriles is 1. The SMILES string of the molecule is C/C=C/c1ccc([C@@H]2[C@@H](C#N)N(c3ncc(CC)s3)[C@H]2CO)cc1. The Bertz CT molecular complexity index is 760. The molecular formula is C19H21N3OS. The van der Waals surface area contributed by atoms with Crippen LogP contribution in [0, 0.1) is 11.3 Å². The number of benzene rings is 1. The molecule has 0 aliphatic carbocycles. The van der Waals surface area contributed by atoms with Gasteiger partial charge in [-0.1, -0.05) is 43.3 Å². The number of aromatic nitrogens is 1. The van der Waals surface area contributed by atoms with Crippen LogP contribution in [0.4, 0.5) is 5.13 Å². The van der Waals surface area contributed by atoms with Crippen LogP contribution in [0.2, 0.25) is 0 Å². The fraction of sp³-hybridized carbons (Fsp3) is 0.368. The maximum atomic E-state index is 9.88. The summed E-state index contributed by atoms with van der Waals surface area (Å²) in [5.74, 6) is 0.00799. The number of rotatable bonds is 5. The van der Waals surface area contributed by atoms with Gasteiger partial charge in [0.15, 0.2) is 5.13 Å². The Morgan fingerprint density at radius 2 is 2.12 bits per heavy atom. The molecule has 0 bridgehead atoms. The molecule has 124 valence electrons. The molecule has 4 nitrogen and oxygen atoms in total. The second-order valence-electron chi connectivity index (χ2n) is 5.89. The van der Waals surface area contributed by atoms with E-state index in [4.69, 9.17) is 0 Å². The summed E-state index contributed by atoms with van der Waals surface area (Å²) in [6, 6.07) is 10.2. The average molecular weight is 339 g/mol. The maximum Gasteiger partial charge on any atom is 0.186 e. The molecule has 1 aromatic carbocycles. The van der Waals surface area contributed by atoms with E-state index in [1.807, 2.05) is 30.2 Å². The van der Waals surface area contributed by atoms with Gasteiger partial charge in [0.25, 0.3) is 0 Å². The monoisotopic (exact) mass is 339 g/mol. The van der Waals surface area contributed by atoms with Crippen molar-refractivity contribution in [1.29, 1.82) is 5.26 Å². The van der Waals surface area contributed by atoms with Crippen molar-refractivity contribution in [2.24, 2.45) is 0 Å². The van der Waals surface area contributed by atoms with E-state index in [9.17, 15) is 10.4 Å². The predicted octanol–water partition coefficient (Wildman–Crippen LogP) is 3.60. The first-order chi connectivity index (χ1) is 11.7. The highest BCUT2D eigenvalue weighted by Crippen LogP contribution is 2.44. The lowest BCUT2D eigenvalue weighted by atomic mass is 9.76. The quantitative estimate of drug-likeness (QED) is 0.904. The van der Waals surface area contributed by atoms with Crippen LogP contribution in [0.1, 0.15) is 35.8 Å². The van der Waals surface area contributed by atoms with Crippen LogP contribution in [0.5, 0.6) is 0 Å². The molecule has 1 aliphatic heterocycles. The van der Waals surface area contributed by atoms with Gasteiger partial charge in [-0.25, -0.2) is 4.98 Å². The van der Waals surface area contributed by atoms with Crippen molar-refractivity contribution < 1.29 is 5.11 Å². The molecule has 1 saturated heterocycles. The first kappa shape index (κ1) is 16.7. The van der Waals surface area contributed by atoms with E-state index in [-0.39, 0.29) is 24.6 Å². The molecule has 1 fully saturated rings. The Labute approximate surface area is 146 Å². The summed E-state index contributed by atoms with van der Waals surface area (Å²) in [5, 5.41) is 20.4. The summed E-state index contributed by atoms with van der Waals surface area (Å²) < 4.78 is 0. The van der Waals surface area contributed by atoms with Gasteiger partial charge in [0, 0.05) is 17.0 Å². The van der Waals surface area contributed by atoms with Crippen molar-refractivity contribution in [1.82, 2.24) is 4.98 Å². The lowest BCUT2D eigenvalue weighted by Crippen LogP contribution is -2.63. The number of anilines is 1. The van der Waals surface area contributed by atoms with Gasteiger partial charge in [0.1, 0.15) is 6.04 Å². The maximum absolute atomic E-state index is 9.88. The van der Waals surface area contributed by atoms with Crippen molar-refractivity contribution >= 4 is 22.5 Å². The summed E-state index contributed by atoms with van der Waals surface area (Å²) >= 11 is 1.60. The molecule has 0 saturated carbocycles. The first-order valence-electron chi connectivity index (χ1n) is 8.19. The Morgan fingerprint density at radius 3 is 2.67 bits per heavy atom. The largest absolute Gasteiger partial charge is 0.394 e. The van der Waals surface area contributed by atoms with Crippen LogP contribution in [-0.2, 0) is 6.42 Å². The summed E-state index contributed by atoms with van der Waals surface area (Å²) in [6.45, 7) is 4.10. The number of aliphatic hydroxyl groups is 1. The third-order valence-corrected chi connectivity index (χ3v) is 5.68. The van der Waals surface area contributed by atoms with Crippen molar-refractivity contribution in [3.8, 4) is 6.07 Å². The van der Waals surface area contributed by atoms with E-state index in [0.29, 0.717) is 0 Å². The van der Waals surface area contributed by atoms with E-state index < -0.39 is 0 Å². The predicted molar refractivity (Wildman–Crippen MR) is 98.1 cm³/mol. The van der Waals surface area contributed by atoms with Gasteiger partial charge in [0.05, 0.1) is 18.7 Å². The number of thiazole rings is 1. The molecule has 5 heteroatoms. The van der Waals surface area contributed by atoms with Gasteiger partial charge in [-0.05, 0) is 24.5 Å². The Kier molecular flexibility index (Phi) is 4.98. The number of hydrogen-bond donors (Lipinski definition) is 1. The Morgan fingerprint density at radius 1 is 1.38 bits per heavy atom. The van der Waals surface area contributed by atoms with Gasteiger partial charge >= 0.3 is 0 Å². The van der Waals surface area contributed by atoms with E-state index >= 15 is 0 Å². The minimum absolute atomic E-state index is 0.00799. The lowest BCUT2D eigenvalue weighted by Gasteiger charge is -2.51. The van der Waals surface area contributed by atoms with E-state index in [0.717, 1.165) is 22.7 Å². The minimum atomic E-state index is -0.287. The molecule has 0 amide bonds. The van der Waals surface area contributed by atoms with Crippen LogP contribution < -0.4 is 4.90 Å². The second kappa shape index (κ2) is 7.16. The highest BCUT2D eigenvalue weighted by atomic mass is 32.1. The van der Waals surface area contributed by atoms with Gasteiger partial charge in [-0.15, -0.1) is 11.3 Å². The zero-order valence-corrected chi connectivity index (χ0v) is 14.7. The number of aryl methyl sites for hydroxylation is 1. The van der Waals surface area contributed by atoms with Crippen molar-refractivity contribution in [3.63, 3.8) is 0 Å². The third kappa shape index (κ3) is 2.83. The Balaban J connectivity index is 1.87. The summed E-state index contributed by atoms with van der Waals surface area (Å²) in [5.41, 5.74) is 2.23. The molecule has 0 unspecified atom stereocenters. The van der Waals surface area contributed by atoms with E-state index in [1.54, 1.807) is 11.3 Å². The fourth-order valence-electron chi connectivity index (χ4n) is 3.27. The molecule has 1 aromatic heterocycles. The van der Waals surface area contributed by atoms with Crippen molar-refractivity contribution in [3.05, 3.63) is 52.5 Å². The van der Waals surface area contributed by atoms with E-state index in [1.165, 1.54) is 4.88 Å². The molecule has 0 spiro atoms. The molecule has 3 atom stereocenters. The Hall–Kier alpha value is -2.16. The molecule has 2 heterocycles. The molecule has 3 rings (SSSR count). The number of allylic oxidation sites excluding steroid dienone is 1. The smallest absolute Gasteiger partial charge is 0.186 e. The van der Waals surface area contributed by atoms with Crippen LogP contribution in [-0.4, -0.2) is 28.8 Å². The average Bonchev–Trinajstić information content (AvgIpc) is 3.05. The number of hydrogen-bond acceptors (Lipinski definition) is 5. The lowest BCUT2D eigenvalue weighted by molar-refractivity contribution is 0.187. The highest BCUT2D eigenvalue weighted by Gasteiger charge is 2.50. The minimum Gasteiger partial charge on any atom is -0.394 e. The summed E-state index contributed by atoms with van der Waals surface area (Å²) in [6.07, 6.45) is 6.84. The normalized spacial score (nSPS) is 23.2. The van der Waals surface area contributed by atoms with Crippen LogP contribution >= 0.6 is 11.3 Å². The second-order valence-corrected chi connectivity index (χ2v) is 6.98. The number of nitrogens with zero attached hydrogens (tertiary/aromatic N) is 3. The molecule has 1 aliphatic rings. The molecular weight excluding hydrogens is 318 g/mol. The van der Waals surface area contributed by atoms with Crippen LogP contribution in [0.25, 0.3) is 6.08 Å². The first-order valence-corrected chi connectivity index (χ1v) is 9.01. The van der Waals surface area contributed by atoms with Crippen LogP contribution in [0.3, 0.4) is 0 Å².